The van der Waals surface area contributed by atoms with Gasteiger partial charge in [-0.05, 0) is 37.5 Å². The van der Waals surface area contributed by atoms with Crippen LogP contribution in [0.25, 0.3) is 0 Å². The van der Waals surface area contributed by atoms with E-state index in [9.17, 15) is 0 Å². The lowest BCUT2D eigenvalue weighted by Crippen LogP contribution is -2.26. The highest BCUT2D eigenvalue weighted by Crippen LogP contribution is 2.31. The molecule has 0 aliphatic carbocycles. The van der Waals surface area contributed by atoms with Crippen molar-refractivity contribution in [3.63, 3.8) is 0 Å². The molecule has 1 fully saturated rings. The summed E-state index contributed by atoms with van der Waals surface area (Å²) in [5.74, 6) is 0. The van der Waals surface area contributed by atoms with Crippen molar-refractivity contribution < 1.29 is 4.74 Å². The lowest BCUT2D eigenvalue weighted by atomic mass is 10.0. The fourth-order valence-electron chi connectivity index (χ4n) is 2.03. The maximum atomic E-state index is 6.15. The summed E-state index contributed by atoms with van der Waals surface area (Å²) in [5, 5.41) is 1.10. The molecule has 2 N–H and O–H groups in total. The van der Waals surface area contributed by atoms with Gasteiger partial charge in [0.05, 0.1) is 28.3 Å². The van der Waals surface area contributed by atoms with Crippen LogP contribution in [0.15, 0.2) is 18.2 Å². The predicted octanol–water partition coefficient (Wildman–Crippen LogP) is 3.56. The minimum absolute atomic E-state index is 0.0900. The fraction of sp³-hybridized carbons (Fsp3) is 0.500. The standard InChI is InChI=1S/C12H15Cl2NO/c1-7-2-5-11(16-7)12(15)8-3-4-9(13)10(14)6-8/h3-4,6-7,11-12H,2,5,15H2,1H3. The van der Waals surface area contributed by atoms with Crippen LogP contribution in [0.3, 0.4) is 0 Å². The average Bonchev–Trinajstić information content (AvgIpc) is 2.68. The van der Waals surface area contributed by atoms with Crippen molar-refractivity contribution in [2.75, 3.05) is 0 Å². The lowest BCUT2D eigenvalue weighted by molar-refractivity contribution is 0.0401. The van der Waals surface area contributed by atoms with E-state index in [-0.39, 0.29) is 12.1 Å². The highest BCUT2D eigenvalue weighted by Gasteiger charge is 2.28. The first-order valence-corrected chi connectivity index (χ1v) is 6.19. The van der Waals surface area contributed by atoms with Crippen LogP contribution in [0.4, 0.5) is 0 Å². The Morgan fingerprint density at radius 3 is 2.62 bits per heavy atom. The van der Waals surface area contributed by atoms with Crippen LogP contribution in [-0.2, 0) is 4.74 Å². The topological polar surface area (TPSA) is 35.2 Å². The molecule has 1 aliphatic heterocycles. The molecular weight excluding hydrogens is 245 g/mol. The van der Waals surface area contributed by atoms with Gasteiger partial charge in [0.25, 0.3) is 0 Å². The summed E-state index contributed by atoms with van der Waals surface area (Å²) < 4.78 is 5.75. The number of halogens is 2. The quantitative estimate of drug-likeness (QED) is 0.882. The number of hydrogen-bond acceptors (Lipinski definition) is 2. The van der Waals surface area contributed by atoms with Gasteiger partial charge >= 0.3 is 0 Å². The molecule has 0 saturated carbocycles. The van der Waals surface area contributed by atoms with Crippen molar-refractivity contribution >= 4 is 23.2 Å². The van der Waals surface area contributed by atoms with Gasteiger partial charge in [-0.25, -0.2) is 0 Å². The van der Waals surface area contributed by atoms with Crippen molar-refractivity contribution in [1.29, 1.82) is 0 Å². The molecule has 0 spiro atoms. The molecule has 16 heavy (non-hydrogen) atoms. The molecule has 1 aliphatic rings. The summed E-state index contributed by atoms with van der Waals surface area (Å²) >= 11 is 11.8. The van der Waals surface area contributed by atoms with Gasteiger partial charge in [0.15, 0.2) is 0 Å². The Bertz CT molecular complexity index is 383. The third-order valence-corrected chi connectivity index (χ3v) is 3.73. The van der Waals surface area contributed by atoms with E-state index in [1.807, 2.05) is 12.1 Å². The van der Waals surface area contributed by atoms with Gasteiger partial charge in [0.1, 0.15) is 0 Å². The molecule has 3 unspecified atom stereocenters. The number of benzene rings is 1. The smallest absolute Gasteiger partial charge is 0.0772 e. The summed E-state index contributed by atoms with van der Waals surface area (Å²) in [6.07, 6.45) is 2.47. The molecule has 0 amide bonds. The normalized spacial score (nSPS) is 27.0. The Hall–Kier alpha value is -0.280. The average molecular weight is 260 g/mol. The van der Waals surface area contributed by atoms with Gasteiger partial charge in [-0.1, -0.05) is 29.3 Å². The van der Waals surface area contributed by atoms with Crippen LogP contribution in [-0.4, -0.2) is 12.2 Å². The second-order valence-electron chi connectivity index (χ2n) is 4.26. The number of rotatable bonds is 2. The van der Waals surface area contributed by atoms with Crippen molar-refractivity contribution in [3.8, 4) is 0 Å². The molecule has 1 heterocycles. The van der Waals surface area contributed by atoms with Crippen LogP contribution >= 0.6 is 23.2 Å². The zero-order valence-electron chi connectivity index (χ0n) is 9.12. The Kier molecular flexibility index (Phi) is 3.75. The van der Waals surface area contributed by atoms with Crippen LogP contribution in [0.5, 0.6) is 0 Å². The first kappa shape index (κ1) is 12.2. The first-order valence-electron chi connectivity index (χ1n) is 5.44. The number of ether oxygens (including phenoxy) is 1. The molecule has 1 aromatic carbocycles. The summed E-state index contributed by atoms with van der Waals surface area (Å²) in [4.78, 5) is 0. The second-order valence-corrected chi connectivity index (χ2v) is 5.08. The van der Waals surface area contributed by atoms with E-state index in [0.717, 1.165) is 18.4 Å². The monoisotopic (exact) mass is 259 g/mol. The molecule has 1 aromatic rings. The van der Waals surface area contributed by atoms with Crippen molar-refractivity contribution in [2.24, 2.45) is 5.73 Å². The summed E-state index contributed by atoms with van der Waals surface area (Å²) in [5.41, 5.74) is 7.13. The molecule has 2 rings (SSSR count). The molecule has 0 aromatic heterocycles. The van der Waals surface area contributed by atoms with E-state index < -0.39 is 0 Å². The van der Waals surface area contributed by atoms with E-state index in [4.69, 9.17) is 33.7 Å². The number of hydrogen-bond donors (Lipinski definition) is 1. The lowest BCUT2D eigenvalue weighted by Gasteiger charge is -2.20. The van der Waals surface area contributed by atoms with Gasteiger partial charge in [0.2, 0.25) is 0 Å². The van der Waals surface area contributed by atoms with Gasteiger partial charge in [-0.3, -0.25) is 0 Å². The Balaban J connectivity index is 2.14. The zero-order valence-corrected chi connectivity index (χ0v) is 10.6. The van der Waals surface area contributed by atoms with E-state index in [2.05, 4.69) is 6.92 Å². The first-order chi connectivity index (χ1) is 7.58. The van der Waals surface area contributed by atoms with Crippen molar-refractivity contribution in [1.82, 2.24) is 0 Å². The molecule has 4 heteroatoms. The summed E-state index contributed by atoms with van der Waals surface area (Å²) in [6, 6.07) is 5.38. The largest absolute Gasteiger partial charge is 0.373 e. The number of nitrogens with two attached hydrogens (primary N) is 1. The SMILES string of the molecule is CC1CCC(C(N)c2ccc(Cl)c(Cl)c2)O1. The minimum atomic E-state index is -0.125. The van der Waals surface area contributed by atoms with Gasteiger partial charge in [-0.2, -0.15) is 0 Å². The van der Waals surface area contributed by atoms with Crippen molar-refractivity contribution in [3.05, 3.63) is 33.8 Å². The van der Waals surface area contributed by atoms with Crippen LogP contribution in [0, 0.1) is 0 Å². The predicted molar refractivity (Wildman–Crippen MR) is 67.0 cm³/mol. The Labute approximate surface area is 106 Å². The van der Waals surface area contributed by atoms with E-state index >= 15 is 0 Å². The molecule has 0 bridgehead atoms. The maximum Gasteiger partial charge on any atom is 0.0772 e. The molecule has 2 nitrogen and oxygen atoms in total. The van der Waals surface area contributed by atoms with E-state index in [0.29, 0.717) is 16.1 Å². The highest BCUT2D eigenvalue weighted by atomic mass is 35.5. The molecule has 1 saturated heterocycles. The maximum absolute atomic E-state index is 6.15. The molecule has 88 valence electrons. The highest BCUT2D eigenvalue weighted by molar-refractivity contribution is 6.42. The van der Waals surface area contributed by atoms with Crippen LogP contribution < -0.4 is 5.73 Å². The molecule has 3 atom stereocenters. The molecular formula is C12H15Cl2NO. The fourth-order valence-corrected chi connectivity index (χ4v) is 2.34. The van der Waals surface area contributed by atoms with Gasteiger partial charge in [-0.15, -0.1) is 0 Å². The van der Waals surface area contributed by atoms with Gasteiger partial charge in [0, 0.05) is 0 Å². The third-order valence-electron chi connectivity index (χ3n) is 2.99. The Morgan fingerprint density at radius 2 is 2.06 bits per heavy atom. The van der Waals surface area contributed by atoms with Crippen molar-refractivity contribution in [2.45, 2.75) is 38.0 Å². The third kappa shape index (κ3) is 2.51. The van der Waals surface area contributed by atoms with Crippen LogP contribution in [0.1, 0.15) is 31.4 Å². The van der Waals surface area contributed by atoms with E-state index in [1.165, 1.54) is 0 Å². The minimum Gasteiger partial charge on any atom is -0.373 e. The Morgan fingerprint density at radius 1 is 1.31 bits per heavy atom. The summed E-state index contributed by atoms with van der Waals surface area (Å²) in [7, 11) is 0. The second kappa shape index (κ2) is 4.92. The van der Waals surface area contributed by atoms with Gasteiger partial charge < -0.3 is 10.5 Å². The zero-order chi connectivity index (χ0) is 11.7. The van der Waals surface area contributed by atoms with E-state index in [1.54, 1.807) is 6.07 Å². The van der Waals surface area contributed by atoms with Crippen LogP contribution in [0.2, 0.25) is 10.0 Å². The molecule has 0 radical (unpaired) electrons. The summed E-state index contributed by atoms with van der Waals surface area (Å²) in [6.45, 7) is 2.07.